The molecule has 0 aromatic rings. The molecule has 0 aromatic carbocycles. The van der Waals surface area contributed by atoms with E-state index in [1.165, 1.54) is 12.0 Å². The zero-order valence-corrected chi connectivity index (χ0v) is 11.0. The first-order valence-corrected chi connectivity index (χ1v) is 6.02. The van der Waals surface area contributed by atoms with E-state index < -0.39 is 0 Å². The third-order valence-corrected chi connectivity index (χ3v) is 2.70. The molecule has 0 aromatic heterocycles. The van der Waals surface area contributed by atoms with Crippen molar-refractivity contribution in [2.24, 2.45) is 11.8 Å². The third kappa shape index (κ3) is 7.57. The lowest BCUT2D eigenvalue weighted by Gasteiger charge is -2.15. The molecule has 1 unspecified atom stereocenters. The van der Waals surface area contributed by atoms with E-state index in [1.807, 2.05) is 0 Å². The fourth-order valence-corrected chi connectivity index (χ4v) is 1.35. The van der Waals surface area contributed by atoms with Gasteiger partial charge >= 0.3 is 0 Å². The molecule has 0 fully saturated rings. The van der Waals surface area contributed by atoms with Gasteiger partial charge in [0.05, 0.1) is 6.61 Å². The van der Waals surface area contributed by atoms with E-state index in [1.54, 1.807) is 7.11 Å². The third-order valence-electron chi connectivity index (χ3n) is 2.70. The van der Waals surface area contributed by atoms with Crippen molar-refractivity contribution in [1.82, 2.24) is 5.32 Å². The van der Waals surface area contributed by atoms with E-state index in [2.05, 4.69) is 39.1 Å². The van der Waals surface area contributed by atoms with Crippen molar-refractivity contribution in [2.75, 3.05) is 26.8 Å². The second kappa shape index (κ2) is 8.93. The Labute approximate surface area is 95.1 Å². The monoisotopic (exact) mass is 213 g/mol. The second-order valence-electron chi connectivity index (χ2n) is 4.45. The fraction of sp³-hybridized carbons (Fsp3) is 0.846. The smallest absolute Gasteiger partial charge is 0.0587 e. The van der Waals surface area contributed by atoms with Gasteiger partial charge in [0, 0.05) is 20.2 Å². The molecule has 90 valence electrons. The van der Waals surface area contributed by atoms with Crippen molar-refractivity contribution in [3.05, 3.63) is 11.6 Å². The van der Waals surface area contributed by atoms with Crippen LogP contribution in [0.1, 0.15) is 34.1 Å². The van der Waals surface area contributed by atoms with Crippen LogP contribution in [0.25, 0.3) is 0 Å². The summed E-state index contributed by atoms with van der Waals surface area (Å²) in [6.07, 6.45) is 3.62. The SMILES string of the molecule is CCC(C)C=C(CNCCOC)C(C)C. The highest BCUT2D eigenvalue weighted by atomic mass is 16.5. The molecule has 0 rings (SSSR count). The van der Waals surface area contributed by atoms with Crippen molar-refractivity contribution in [3.63, 3.8) is 0 Å². The first-order valence-electron chi connectivity index (χ1n) is 6.02. The maximum Gasteiger partial charge on any atom is 0.0587 e. The Morgan fingerprint density at radius 2 is 2.00 bits per heavy atom. The molecular weight excluding hydrogens is 186 g/mol. The quantitative estimate of drug-likeness (QED) is 0.494. The van der Waals surface area contributed by atoms with Gasteiger partial charge in [-0.2, -0.15) is 0 Å². The molecule has 0 saturated heterocycles. The molecule has 0 aliphatic carbocycles. The predicted molar refractivity (Wildman–Crippen MR) is 67.1 cm³/mol. The molecule has 1 N–H and O–H groups in total. The molecule has 0 heterocycles. The molecule has 2 nitrogen and oxygen atoms in total. The maximum absolute atomic E-state index is 5.00. The Morgan fingerprint density at radius 3 is 2.47 bits per heavy atom. The standard InChI is InChI=1S/C13H27NO/c1-6-12(4)9-13(11(2)3)10-14-7-8-15-5/h9,11-12,14H,6-8,10H2,1-5H3. The van der Waals surface area contributed by atoms with E-state index in [4.69, 9.17) is 4.74 Å². The van der Waals surface area contributed by atoms with Gasteiger partial charge in [-0.3, -0.25) is 0 Å². The molecule has 15 heavy (non-hydrogen) atoms. The number of nitrogens with one attached hydrogen (secondary N) is 1. The van der Waals surface area contributed by atoms with Gasteiger partial charge in [-0.15, -0.1) is 0 Å². The van der Waals surface area contributed by atoms with Crippen LogP contribution in [0.2, 0.25) is 0 Å². The van der Waals surface area contributed by atoms with Gasteiger partial charge in [0.15, 0.2) is 0 Å². The molecular formula is C13H27NO. The van der Waals surface area contributed by atoms with E-state index in [-0.39, 0.29) is 0 Å². The van der Waals surface area contributed by atoms with Gasteiger partial charge in [-0.1, -0.05) is 45.8 Å². The van der Waals surface area contributed by atoms with E-state index >= 15 is 0 Å². The summed E-state index contributed by atoms with van der Waals surface area (Å²) in [7, 11) is 1.74. The summed E-state index contributed by atoms with van der Waals surface area (Å²) in [4.78, 5) is 0. The summed E-state index contributed by atoms with van der Waals surface area (Å²) in [5, 5.41) is 3.40. The van der Waals surface area contributed by atoms with Crippen LogP contribution >= 0.6 is 0 Å². The zero-order chi connectivity index (χ0) is 11.7. The number of hydrogen-bond acceptors (Lipinski definition) is 2. The second-order valence-corrected chi connectivity index (χ2v) is 4.45. The van der Waals surface area contributed by atoms with Crippen LogP contribution in [0.5, 0.6) is 0 Å². The predicted octanol–water partition coefficient (Wildman–Crippen LogP) is 2.85. The lowest BCUT2D eigenvalue weighted by atomic mass is 9.97. The summed E-state index contributed by atoms with van der Waals surface area (Å²) >= 11 is 0. The first-order chi connectivity index (χ1) is 7.11. The molecule has 0 aliphatic heterocycles. The Kier molecular flexibility index (Phi) is 8.73. The van der Waals surface area contributed by atoms with Crippen LogP contribution in [0.4, 0.5) is 0 Å². The number of allylic oxidation sites excluding steroid dienone is 1. The molecule has 0 bridgehead atoms. The van der Waals surface area contributed by atoms with Crippen LogP contribution in [0.15, 0.2) is 11.6 Å². The molecule has 1 atom stereocenters. The Morgan fingerprint density at radius 1 is 1.33 bits per heavy atom. The average Bonchev–Trinajstić information content (AvgIpc) is 2.21. The largest absolute Gasteiger partial charge is 0.383 e. The average molecular weight is 213 g/mol. The molecule has 0 aliphatic rings. The topological polar surface area (TPSA) is 21.3 Å². The van der Waals surface area contributed by atoms with Gasteiger partial charge in [0.1, 0.15) is 0 Å². The first kappa shape index (κ1) is 14.7. The van der Waals surface area contributed by atoms with Crippen molar-refractivity contribution in [3.8, 4) is 0 Å². The molecule has 0 spiro atoms. The van der Waals surface area contributed by atoms with Crippen LogP contribution < -0.4 is 5.32 Å². The lowest BCUT2D eigenvalue weighted by molar-refractivity contribution is 0.200. The van der Waals surface area contributed by atoms with Crippen LogP contribution in [-0.2, 0) is 4.74 Å². The molecule has 0 radical (unpaired) electrons. The van der Waals surface area contributed by atoms with Crippen molar-refractivity contribution in [1.29, 1.82) is 0 Å². The van der Waals surface area contributed by atoms with Crippen LogP contribution in [0, 0.1) is 11.8 Å². The summed E-state index contributed by atoms with van der Waals surface area (Å²) in [5.74, 6) is 1.32. The summed E-state index contributed by atoms with van der Waals surface area (Å²) in [6.45, 7) is 11.7. The number of rotatable bonds is 8. The Hall–Kier alpha value is -0.340. The Balaban J connectivity index is 3.99. The summed E-state index contributed by atoms with van der Waals surface area (Å²) in [6, 6.07) is 0. The minimum atomic E-state index is 0.633. The van der Waals surface area contributed by atoms with E-state index in [0.717, 1.165) is 19.7 Å². The highest BCUT2D eigenvalue weighted by molar-refractivity contribution is 5.08. The lowest BCUT2D eigenvalue weighted by Crippen LogP contribution is -2.23. The summed E-state index contributed by atoms with van der Waals surface area (Å²) in [5.41, 5.74) is 1.51. The van der Waals surface area contributed by atoms with Crippen molar-refractivity contribution in [2.45, 2.75) is 34.1 Å². The summed E-state index contributed by atoms with van der Waals surface area (Å²) < 4.78 is 5.00. The number of hydrogen-bond donors (Lipinski definition) is 1. The molecule has 2 heteroatoms. The molecule has 0 saturated carbocycles. The minimum absolute atomic E-state index is 0.633. The zero-order valence-electron chi connectivity index (χ0n) is 11.0. The highest BCUT2D eigenvalue weighted by Crippen LogP contribution is 2.13. The van der Waals surface area contributed by atoms with Gasteiger partial charge in [-0.25, -0.2) is 0 Å². The molecule has 0 amide bonds. The van der Waals surface area contributed by atoms with Crippen molar-refractivity contribution < 1.29 is 4.74 Å². The normalized spacial score (nSPS) is 14.7. The minimum Gasteiger partial charge on any atom is -0.383 e. The number of ether oxygens (including phenoxy) is 1. The van der Waals surface area contributed by atoms with Crippen LogP contribution in [-0.4, -0.2) is 26.8 Å². The van der Waals surface area contributed by atoms with Crippen LogP contribution in [0.3, 0.4) is 0 Å². The highest BCUT2D eigenvalue weighted by Gasteiger charge is 2.04. The fourth-order valence-electron chi connectivity index (χ4n) is 1.35. The van der Waals surface area contributed by atoms with E-state index in [9.17, 15) is 0 Å². The van der Waals surface area contributed by atoms with Gasteiger partial charge < -0.3 is 10.1 Å². The van der Waals surface area contributed by atoms with Gasteiger partial charge in [0.25, 0.3) is 0 Å². The van der Waals surface area contributed by atoms with Crippen molar-refractivity contribution >= 4 is 0 Å². The van der Waals surface area contributed by atoms with Gasteiger partial charge in [-0.05, 0) is 11.8 Å². The Bertz CT molecular complexity index is 175. The number of methoxy groups -OCH3 is 1. The maximum atomic E-state index is 5.00. The van der Waals surface area contributed by atoms with Gasteiger partial charge in [0.2, 0.25) is 0 Å². The van der Waals surface area contributed by atoms with E-state index in [0.29, 0.717) is 11.8 Å².